The van der Waals surface area contributed by atoms with Gasteiger partial charge in [-0.1, -0.05) is 59.6 Å². The van der Waals surface area contributed by atoms with E-state index in [1.807, 2.05) is 24.3 Å². The summed E-state index contributed by atoms with van der Waals surface area (Å²) in [6, 6.07) is 16.5. The Morgan fingerprint density at radius 2 is 1.67 bits per heavy atom. The summed E-state index contributed by atoms with van der Waals surface area (Å²) in [4.78, 5) is 2.47. The normalized spacial score (nSPS) is 17.6. The molecule has 4 heteroatoms. The molecule has 0 spiro atoms. The van der Waals surface area contributed by atoms with Crippen LogP contribution in [0, 0.1) is 0 Å². The van der Waals surface area contributed by atoms with E-state index in [1.165, 1.54) is 5.56 Å². The molecule has 0 radical (unpaired) electrons. The zero-order valence-electron chi connectivity index (χ0n) is 11.7. The van der Waals surface area contributed by atoms with Crippen molar-refractivity contribution in [1.82, 2.24) is 10.2 Å². The van der Waals surface area contributed by atoms with Gasteiger partial charge >= 0.3 is 0 Å². The largest absolute Gasteiger partial charge is 0.314 e. The third-order valence-electron chi connectivity index (χ3n) is 3.89. The average Bonchev–Trinajstić information content (AvgIpc) is 2.52. The topological polar surface area (TPSA) is 15.3 Å². The molecule has 2 aromatic rings. The Kier molecular flexibility index (Phi) is 4.81. The van der Waals surface area contributed by atoms with Crippen molar-refractivity contribution in [3.8, 4) is 0 Å². The fraction of sp³-hybridized carbons (Fsp3) is 0.294. The van der Waals surface area contributed by atoms with E-state index in [4.69, 9.17) is 23.2 Å². The van der Waals surface area contributed by atoms with Crippen molar-refractivity contribution in [2.24, 2.45) is 0 Å². The number of rotatable bonds is 3. The molecule has 0 aromatic heterocycles. The SMILES string of the molecule is Clc1ccc(C(c2ccccc2)N2CCNCC2)c(Cl)c1. The lowest BCUT2D eigenvalue weighted by atomic mass is 9.96. The molecule has 0 saturated carbocycles. The van der Waals surface area contributed by atoms with Crippen LogP contribution in [0.4, 0.5) is 0 Å². The van der Waals surface area contributed by atoms with Crippen molar-refractivity contribution in [2.75, 3.05) is 26.2 Å². The van der Waals surface area contributed by atoms with Gasteiger partial charge in [0, 0.05) is 36.2 Å². The minimum Gasteiger partial charge on any atom is -0.314 e. The number of nitrogens with one attached hydrogen (secondary N) is 1. The van der Waals surface area contributed by atoms with Gasteiger partial charge in [-0.15, -0.1) is 0 Å². The Bertz CT molecular complexity index is 595. The number of hydrogen-bond acceptors (Lipinski definition) is 2. The summed E-state index contributed by atoms with van der Waals surface area (Å²) in [7, 11) is 0. The van der Waals surface area contributed by atoms with Crippen molar-refractivity contribution >= 4 is 23.2 Å². The summed E-state index contributed by atoms with van der Waals surface area (Å²) in [6.07, 6.45) is 0. The predicted octanol–water partition coefficient (Wildman–Crippen LogP) is 3.99. The first kappa shape index (κ1) is 14.9. The molecule has 3 rings (SSSR count). The number of hydrogen-bond donors (Lipinski definition) is 1. The fourth-order valence-electron chi connectivity index (χ4n) is 2.89. The molecule has 1 N–H and O–H groups in total. The number of nitrogens with zero attached hydrogens (tertiary/aromatic N) is 1. The molecular formula is C17H18Cl2N2. The molecule has 2 aromatic carbocycles. The van der Waals surface area contributed by atoms with Crippen molar-refractivity contribution < 1.29 is 0 Å². The van der Waals surface area contributed by atoms with Crippen LogP contribution in [-0.2, 0) is 0 Å². The lowest BCUT2D eigenvalue weighted by Crippen LogP contribution is -2.45. The van der Waals surface area contributed by atoms with Gasteiger partial charge in [0.1, 0.15) is 0 Å². The first-order valence-electron chi connectivity index (χ1n) is 7.20. The molecule has 21 heavy (non-hydrogen) atoms. The van der Waals surface area contributed by atoms with Gasteiger partial charge in [0.15, 0.2) is 0 Å². The Morgan fingerprint density at radius 1 is 0.952 bits per heavy atom. The molecule has 110 valence electrons. The summed E-state index contributed by atoms with van der Waals surface area (Å²) < 4.78 is 0. The van der Waals surface area contributed by atoms with Gasteiger partial charge in [-0.25, -0.2) is 0 Å². The Labute approximate surface area is 135 Å². The highest BCUT2D eigenvalue weighted by Gasteiger charge is 2.25. The Morgan fingerprint density at radius 3 is 2.33 bits per heavy atom. The zero-order valence-corrected chi connectivity index (χ0v) is 13.2. The minimum atomic E-state index is 0.179. The maximum absolute atomic E-state index is 6.47. The summed E-state index contributed by atoms with van der Waals surface area (Å²) in [6.45, 7) is 4.04. The van der Waals surface area contributed by atoms with Gasteiger partial charge in [-0.05, 0) is 23.3 Å². The fourth-order valence-corrected chi connectivity index (χ4v) is 3.40. The Hall–Kier alpha value is -1.06. The lowest BCUT2D eigenvalue weighted by molar-refractivity contribution is 0.198. The van der Waals surface area contributed by atoms with Crippen LogP contribution in [0.15, 0.2) is 48.5 Å². The van der Waals surface area contributed by atoms with Crippen LogP contribution in [0.3, 0.4) is 0 Å². The first-order chi connectivity index (χ1) is 10.3. The average molecular weight is 321 g/mol. The number of halogens is 2. The highest BCUT2D eigenvalue weighted by atomic mass is 35.5. The van der Waals surface area contributed by atoms with Crippen molar-refractivity contribution in [3.05, 3.63) is 69.7 Å². The third-order valence-corrected chi connectivity index (χ3v) is 4.45. The molecular weight excluding hydrogens is 303 g/mol. The van der Waals surface area contributed by atoms with E-state index in [9.17, 15) is 0 Å². The third kappa shape index (κ3) is 3.41. The van der Waals surface area contributed by atoms with Gasteiger partial charge in [0.05, 0.1) is 6.04 Å². The van der Waals surface area contributed by atoms with Crippen LogP contribution < -0.4 is 5.32 Å². The van der Waals surface area contributed by atoms with Crippen LogP contribution in [0.1, 0.15) is 17.2 Å². The highest BCUT2D eigenvalue weighted by molar-refractivity contribution is 6.35. The Balaban J connectivity index is 2.02. The smallest absolute Gasteiger partial charge is 0.0617 e. The summed E-state index contributed by atoms with van der Waals surface area (Å²) >= 11 is 12.5. The standard InChI is InChI=1S/C17H18Cl2N2/c18-14-6-7-15(16(19)12-14)17(13-4-2-1-3-5-13)21-10-8-20-9-11-21/h1-7,12,17,20H,8-11H2. The van der Waals surface area contributed by atoms with Crippen LogP contribution in [-0.4, -0.2) is 31.1 Å². The zero-order chi connectivity index (χ0) is 14.7. The van der Waals surface area contributed by atoms with E-state index >= 15 is 0 Å². The van der Waals surface area contributed by atoms with Gasteiger partial charge in [-0.3, -0.25) is 4.90 Å². The maximum atomic E-state index is 6.47. The maximum Gasteiger partial charge on any atom is 0.0617 e. The molecule has 0 amide bonds. The van der Waals surface area contributed by atoms with Gasteiger partial charge in [-0.2, -0.15) is 0 Å². The van der Waals surface area contributed by atoms with Crippen LogP contribution in [0.5, 0.6) is 0 Å². The molecule has 0 aliphatic carbocycles. The second-order valence-electron chi connectivity index (χ2n) is 5.27. The van der Waals surface area contributed by atoms with Crippen molar-refractivity contribution in [3.63, 3.8) is 0 Å². The van der Waals surface area contributed by atoms with Crippen LogP contribution in [0.25, 0.3) is 0 Å². The molecule has 1 unspecified atom stereocenters. The molecule has 1 saturated heterocycles. The van der Waals surface area contributed by atoms with Crippen molar-refractivity contribution in [2.45, 2.75) is 6.04 Å². The van der Waals surface area contributed by atoms with Gasteiger partial charge in [0.2, 0.25) is 0 Å². The predicted molar refractivity (Wildman–Crippen MR) is 89.2 cm³/mol. The summed E-state index contributed by atoms with van der Waals surface area (Å²) in [5, 5.41) is 4.81. The van der Waals surface area contributed by atoms with Crippen molar-refractivity contribution in [1.29, 1.82) is 0 Å². The van der Waals surface area contributed by atoms with Gasteiger partial charge < -0.3 is 5.32 Å². The van der Waals surface area contributed by atoms with Crippen LogP contribution in [0.2, 0.25) is 10.0 Å². The second-order valence-corrected chi connectivity index (χ2v) is 6.11. The summed E-state index contributed by atoms with van der Waals surface area (Å²) in [5.41, 5.74) is 2.39. The van der Waals surface area contributed by atoms with E-state index in [0.717, 1.165) is 36.8 Å². The first-order valence-corrected chi connectivity index (χ1v) is 7.96. The molecule has 1 aliphatic heterocycles. The van der Waals surface area contributed by atoms with E-state index in [1.54, 1.807) is 0 Å². The molecule has 1 atom stereocenters. The molecule has 2 nitrogen and oxygen atoms in total. The minimum absolute atomic E-state index is 0.179. The highest BCUT2D eigenvalue weighted by Crippen LogP contribution is 2.34. The molecule has 1 fully saturated rings. The second kappa shape index (κ2) is 6.80. The number of benzene rings is 2. The van der Waals surface area contributed by atoms with Crippen LogP contribution >= 0.6 is 23.2 Å². The van der Waals surface area contributed by atoms with E-state index < -0.39 is 0 Å². The molecule has 1 heterocycles. The quantitative estimate of drug-likeness (QED) is 0.920. The number of piperazine rings is 1. The molecule has 0 bridgehead atoms. The lowest BCUT2D eigenvalue weighted by Gasteiger charge is -2.36. The van der Waals surface area contributed by atoms with E-state index in [2.05, 4.69) is 34.5 Å². The molecule has 1 aliphatic rings. The monoisotopic (exact) mass is 320 g/mol. The van der Waals surface area contributed by atoms with E-state index in [-0.39, 0.29) is 6.04 Å². The summed E-state index contributed by atoms with van der Waals surface area (Å²) in [5.74, 6) is 0. The van der Waals surface area contributed by atoms with Gasteiger partial charge in [0.25, 0.3) is 0 Å². The van der Waals surface area contributed by atoms with E-state index in [0.29, 0.717) is 5.02 Å².